The summed E-state index contributed by atoms with van der Waals surface area (Å²) in [4.78, 5) is 10.9. The maximum atomic E-state index is 10.9. The highest BCUT2D eigenvalue weighted by atomic mass is 16.5. The monoisotopic (exact) mass is 206 g/mol. The first kappa shape index (κ1) is 10.0. The van der Waals surface area contributed by atoms with Crippen molar-refractivity contribution < 1.29 is 14.6 Å². The van der Waals surface area contributed by atoms with Crippen molar-refractivity contribution >= 4 is 5.97 Å². The molecule has 0 amide bonds. The van der Waals surface area contributed by atoms with E-state index in [1.807, 2.05) is 6.07 Å². The van der Waals surface area contributed by atoms with Gasteiger partial charge in [-0.3, -0.25) is 0 Å². The fourth-order valence-electron chi connectivity index (χ4n) is 2.03. The second-order valence-corrected chi connectivity index (χ2v) is 3.73. The topological polar surface area (TPSA) is 46.5 Å². The third kappa shape index (κ3) is 1.69. The van der Waals surface area contributed by atoms with Gasteiger partial charge in [0.05, 0.1) is 6.61 Å². The summed E-state index contributed by atoms with van der Waals surface area (Å²) in [6, 6.07) is 3.57. The molecule has 2 rings (SSSR count). The summed E-state index contributed by atoms with van der Waals surface area (Å²) < 4.78 is 5.40. The Bertz CT molecular complexity index is 396. The first-order valence-electron chi connectivity index (χ1n) is 5.25. The van der Waals surface area contributed by atoms with Crippen LogP contribution in [-0.4, -0.2) is 17.7 Å². The maximum absolute atomic E-state index is 10.9. The molecule has 1 aliphatic heterocycles. The number of ether oxygens (including phenoxy) is 1. The van der Waals surface area contributed by atoms with E-state index in [9.17, 15) is 4.79 Å². The van der Waals surface area contributed by atoms with Crippen LogP contribution in [0.2, 0.25) is 0 Å². The first-order chi connectivity index (χ1) is 7.24. The number of hydrogen-bond donors (Lipinski definition) is 1. The molecule has 0 radical (unpaired) electrons. The number of fused-ring (bicyclic) bond motifs is 1. The van der Waals surface area contributed by atoms with E-state index in [0.29, 0.717) is 17.9 Å². The molecule has 80 valence electrons. The second kappa shape index (κ2) is 3.93. The lowest BCUT2D eigenvalue weighted by molar-refractivity contribution is 0.0693. The molecule has 0 aliphatic carbocycles. The molecule has 15 heavy (non-hydrogen) atoms. The number of carboxylic acid groups (broad SMARTS) is 1. The third-order valence-electron chi connectivity index (χ3n) is 2.71. The summed E-state index contributed by atoms with van der Waals surface area (Å²) in [5, 5.41) is 8.99. The molecule has 1 aromatic rings. The fraction of sp³-hybridized carbons (Fsp3) is 0.417. The zero-order valence-corrected chi connectivity index (χ0v) is 8.75. The van der Waals surface area contributed by atoms with E-state index < -0.39 is 5.97 Å². The smallest absolute Gasteiger partial charge is 0.339 e. The number of carbonyl (C=O) groups is 1. The Hall–Kier alpha value is -1.51. The van der Waals surface area contributed by atoms with Crippen LogP contribution in [0, 0.1) is 0 Å². The third-order valence-corrected chi connectivity index (χ3v) is 2.71. The minimum Gasteiger partial charge on any atom is -0.492 e. The lowest BCUT2D eigenvalue weighted by Crippen LogP contribution is -2.01. The molecule has 0 fully saturated rings. The van der Waals surface area contributed by atoms with Gasteiger partial charge in [-0.1, -0.05) is 19.4 Å². The molecule has 0 bridgehead atoms. The van der Waals surface area contributed by atoms with Crippen LogP contribution in [0.25, 0.3) is 0 Å². The quantitative estimate of drug-likeness (QED) is 0.825. The Morgan fingerprint density at radius 1 is 1.53 bits per heavy atom. The highest BCUT2D eigenvalue weighted by Gasteiger charge is 2.22. The fourth-order valence-corrected chi connectivity index (χ4v) is 2.03. The molecule has 1 aliphatic rings. The Morgan fingerprint density at radius 2 is 2.33 bits per heavy atom. The van der Waals surface area contributed by atoms with Crippen LogP contribution >= 0.6 is 0 Å². The van der Waals surface area contributed by atoms with Gasteiger partial charge in [-0.15, -0.1) is 0 Å². The van der Waals surface area contributed by atoms with Crippen LogP contribution in [0.15, 0.2) is 12.1 Å². The van der Waals surface area contributed by atoms with Crippen molar-refractivity contribution in [3.63, 3.8) is 0 Å². The van der Waals surface area contributed by atoms with Gasteiger partial charge >= 0.3 is 5.97 Å². The average Bonchev–Trinajstić information content (AvgIpc) is 2.66. The molecular formula is C12H14O3. The van der Waals surface area contributed by atoms with Crippen LogP contribution < -0.4 is 4.74 Å². The Morgan fingerprint density at radius 3 is 3.00 bits per heavy atom. The van der Waals surface area contributed by atoms with Gasteiger partial charge in [-0.25, -0.2) is 4.79 Å². The van der Waals surface area contributed by atoms with E-state index >= 15 is 0 Å². The largest absolute Gasteiger partial charge is 0.492 e. The lowest BCUT2D eigenvalue weighted by atomic mass is 9.98. The standard InChI is InChI=1S/C12H14O3/c1-2-3-8-4-5-10(12(13)14)11-9(8)6-7-15-11/h4-5H,2-3,6-7H2,1H3,(H,13,14). The van der Waals surface area contributed by atoms with Gasteiger partial charge in [-0.05, 0) is 18.1 Å². The van der Waals surface area contributed by atoms with Gasteiger partial charge in [-0.2, -0.15) is 0 Å². The minimum atomic E-state index is -0.906. The Balaban J connectivity index is 2.48. The first-order valence-corrected chi connectivity index (χ1v) is 5.25. The summed E-state index contributed by atoms with van der Waals surface area (Å²) >= 11 is 0. The summed E-state index contributed by atoms with van der Waals surface area (Å²) in [5.74, 6) is -0.315. The normalized spacial score (nSPS) is 13.4. The van der Waals surface area contributed by atoms with Gasteiger partial charge in [0.25, 0.3) is 0 Å². The molecule has 3 nitrogen and oxygen atoms in total. The number of carboxylic acids is 1. The van der Waals surface area contributed by atoms with Gasteiger partial charge in [0.1, 0.15) is 11.3 Å². The summed E-state index contributed by atoms with van der Waals surface area (Å²) in [6.07, 6.45) is 2.90. The summed E-state index contributed by atoms with van der Waals surface area (Å²) in [5.41, 5.74) is 2.62. The molecule has 1 aromatic carbocycles. The van der Waals surface area contributed by atoms with E-state index in [-0.39, 0.29) is 0 Å². The van der Waals surface area contributed by atoms with Crippen LogP contribution in [0.5, 0.6) is 5.75 Å². The lowest BCUT2D eigenvalue weighted by Gasteiger charge is -2.08. The molecule has 0 spiro atoms. The molecule has 0 saturated carbocycles. The average molecular weight is 206 g/mol. The number of rotatable bonds is 3. The SMILES string of the molecule is CCCc1ccc(C(=O)O)c2c1CCO2. The molecule has 0 aromatic heterocycles. The van der Waals surface area contributed by atoms with Crippen molar-refractivity contribution in [3.05, 3.63) is 28.8 Å². The Labute approximate surface area is 88.7 Å². The highest BCUT2D eigenvalue weighted by molar-refractivity contribution is 5.92. The molecule has 3 heteroatoms. The minimum absolute atomic E-state index is 0.294. The zero-order chi connectivity index (χ0) is 10.8. The summed E-state index contributed by atoms with van der Waals surface area (Å²) in [7, 11) is 0. The zero-order valence-electron chi connectivity index (χ0n) is 8.75. The number of benzene rings is 1. The molecule has 1 heterocycles. The van der Waals surface area contributed by atoms with E-state index in [0.717, 1.165) is 24.8 Å². The number of aryl methyl sites for hydroxylation is 1. The molecule has 0 unspecified atom stereocenters. The van der Waals surface area contributed by atoms with Crippen molar-refractivity contribution in [2.75, 3.05) is 6.61 Å². The van der Waals surface area contributed by atoms with Crippen LogP contribution in [0.3, 0.4) is 0 Å². The van der Waals surface area contributed by atoms with Gasteiger partial charge in [0.15, 0.2) is 0 Å². The van der Waals surface area contributed by atoms with Crippen molar-refractivity contribution in [1.29, 1.82) is 0 Å². The van der Waals surface area contributed by atoms with E-state index in [2.05, 4.69) is 6.92 Å². The maximum Gasteiger partial charge on any atom is 0.339 e. The number of aromatic carboxylic acids is 1. The van der Waals surface area contributed by atoms with E-state index in [1.54, 1.807) is 6.07 Å². The van der Waals surface area contributed by atoms with Crippen LogP contribution in [-0.2, 0) is 12.8 Å². The van der Waals surface area contributed by atoms with Crippen molar-refractivity contribution in [3.8, 4) is 5.75 Å². The summed E-state index contributed by atoms with van der Waals surface area (Å²) in [6.45, 7) is 2.73. The van der Waals surface area contributed by atoms with Crippen LogP contribution in [0.1, 0.15) is 34.8 Å². The van der Waals surface area contributed by atoms with Crippen molar-refractivity contribution in [2.45, 2.75) is 26.2 Å². The molecule has 0 atom stereocenters. The van der Waals surface area contributed by atoms with Crippen molar-refractivity contribution in [2.24, 2.45) is 0 Å². The second-order valence-electron chi connectivity index (χ2n) is 3.73. The molecule has 1 N–H and O–H groups in total. The molecular weight excluding hydrogens is 192 g/mol. The highest BCUT2D eigenvalue weighted by Crippen LogP contribution is 2.33. The van der Waals surface area contributed by atoms with E-state index in [1.165, 1.54) is 5.56 Å². The van der Waals surface area contributed by atoms with Crippen LogP contribution in [0.4, 0.5) is 0 Å². The predicted octanol–water partition coefficient (Wildman–Crippen LogP) is 2.27. The van der Waals surface area contributed by atoms with E-state index in [4.69, 9.17) is 9.84 Å². The predicted molar refractivity (Wildman–Crippen MR) is 56.6 cm³/mol. The van der Waals surface area contributed by atoms with Gasteiger partial charge in [0.2, 0.25) is 0 Å². The Kier molecular flexibility index (Phi) is 2.62. The molecule has 0 saturated heterocycles. The van der Waals surface area contributed by atoms with Crippen molar-refractivity contribution in [1.82, 2.24) is 0 Å². The van der Waals surface area contributed by atoms with Gasteiger partial charge < -0.3 is 9.84 Å². The van der Waals surface area contributed by atoms with Gasteiger partial charge in [0, 0.05) is 12.0 Å². The number of hydrogen-bond acceptors (Lipinski definition) is 2.